The van der Waals surface area contributed by atoms with E-state index in [0.29, 0.717) is 22.3 Å². The van der Waals surface area contributed by atoms with E-state index in [1.54, 1.807) is 13.0 Å². The summed E-state index contributed by atoms with van der Waals surface area (Å²) >= 11 is 6.20. The van der Waals surface area contributed by atoms with Gasteiger partial charge >= 0.3 is 5.97 Å². The highest BCUT2D eigenvalue weighted by Crippen LogP contribution is 2.20. The Labute approximate surface area is 144 Å². The molecule has 2 aromatic carbocycles. The first-order chi connectivity index (χ1) is 11.6. The predicted octanol–water partition coefficient (Wildman–Crippen LogP) is 3.95. The molecule has 0 fully saturated rings. The number of pyridine rings is 1. The molecule has 0 aliphatic heterocycles. The van der Waals surface area contributed by atoms with Gasteiger partial charge in [0, 0.05) is 22.1 Å². The predicted molar refractivity (Wildman–Crippen MR) is 94.8 cm³/mol. The largest absolute Gasteiger partial charge is 0.462 e. The first-order valence-electron chi connectivity index (χ1n) is 7.65. The number of hydrogen-bond donors (Lipinski definition) is 1. The van der Waals surface area contributed by atoms with E-state index in [1.807, 2.05) is 36.4 Å². The number of carbonyl (C=O) groups excluding carboxylic acids is 1. The van der Waals surface area contributed by atoms with Gasteiger partial charge in [0.1, 0.15) is 5.56 Å². The van der Waals surface area contributed by atoms with Crippen molar-refractivity contribution < 1.29 is 9.53 Å². The van der Waals surface area contributed by atoms with Crippen LogP contribution in [0.1, 0.15) is 28.4 Å². The normalized spacial score (nSPS) is 10.8. The lowest BCUT2D eigenvalue weighted by molar-refractivity contribution is 0.0524. The van der Waals surface area contributed by atoms with Gasteiger partial charge in [-0.2, -0.15) is 0 Å². The van der Waals surface area contributed by atoms with Crippen molar-refractivity contribution in [1.29, 1.82) is 0 Å². The van der Waals surface area contributed by atoms with Crippen LogP contribution in [-0.2, 0) is 11.2 Å². The van der Waals surface area contributed by atoms with Gasteiger partial charge in [0.05, 0.1) is 6.61 Å². The summed E-state index contributed by atoms with van der Waals surface area (Å²) in [5.74, 6) is -0.614. The second-order valence-electron chi connectivity index (χ2n) is 5.40. The van der Waals surface area contributed by atoms with Crippen molar-refractivity contribution in [2.75, 3.05) is 6.61 Å². The molecule has 3 rings (SSSR count). The third-order valence-electron chi connectivity index (χ3n) is 3.79. The third-order valence-corrected chi connectivity index (χ3v) is 4.16. The van der Waals surface area contributed by atoms with E-state index < -0.39 is 5.97 Å². The van der Waals surface area contributed by atoms with Crippen LogP contribution < -0.4 is 5.43 Å². The Hall–Kier alpha value is -2.59. The van der Waals surface area contributed by atoms with Crippen LogP contribution >= 0.6 is 11.6 Å². The van der Waals surface area contributed by atoms with Gasteiger partial charge in [0.25, 0.3) is 0 Å². The summed E-state index contributed by atoms with van der Waals surface area (Å²) in [4.78, 5) is 27.4. The van der Waals surface area contributed by atoms with Crippen LogP contribution in [0.2, 0.25) is 5.02 Å². The molecule has 0 saturated carbocycles. The molecule has 5 heteroatoms. The molecule has 0 aliphatic carbocycles. The molecule has 4 nitrogen and oxygen atoms in total. The fourth-order valence-corrected chi connectivity index (χ4v) is 2.80. The number of fused-ring (bicyclic) bond motifs is 1. The number of carbonyl (C=O) groups is 1. The molecule has 0 unspecified atom stereocenters. The lowest BCUT2D eigenvalue weighted by atomic mass is 10.0. The average molecular weight is 342 g/mol. The minimum atomic E-state index is -0.614. The standard InChI is InChI=1S/C19H16ClNO3/c1-2-24-19(23)15-11-21-17-8-7-12(10-14(17)18(15)22)9-13-5-3-4-6-16(13)20/h3-8,10-11H,2,9H2,1H3,(H,21,22). The molecule has 0 radical (unpaired) electrons. The third kappa shape index (κ3) is 3.19. The molecular weight excluding hydrogens is 326 g/mol. The number of hydrogen-bond acceptors (Lipinski definition) is 3. The topological polar surface area (TPSA) is 59.2 Å². The van der Waals surface area contributed by atoms with Crippen LogP contribution in [0, 0.1) is 0 Å². The minimum absolute atomic E-state index is 0.0132. The number of ether oxygens (including phenoxy) is 1. The highest BCUT2D eigenvalue weighted by Gasteiger charge is 2.14. The Kier molecular flexibility index (Phi) is 4.67. The highest BCUT2D eigenvalue weighted by molar-refractivity contribution is 6.31. The fraction of sp³-hybridized carbons (Fsp3) is 0.158. The maximum Gasteiger partial charge on any atom is 0.343 e. The molecule has 1 heterocycles. The zero-order chi connectivity index (χ0) is 17.1. The zero-order valence-electron chi connectivity index (χ0n) is 13.1. The van der Waals surface area contributed by atoms with Crippen molar-refractivity contribution >= 4 is 28.5 Å². The molecule has 0 aliphatic rings. The van der Waals surface area contributed by atoms with E-state index in [4.69, 9.17) is 16.3 Å². The highest BCUT2D eigenvalue weighted by atomic mass is 35.5. The minimum Gasteiger partial charge on any atom is -0.462 e. The maximum absolute atomic E-state index is 12.6. The van der Waals surface area contributed by atoms with Gasteiger partial charge in [-0.25, -0.2) is 4.79 Å². The van der Waals surface area contributed by atoms with Gasteiger partial charge < -0.3 is 9.72 Å². The van der Waals surface area contributed by atoms with Crippen LogP contribution in [0.3, 0.4) is 0 Å². The number of nitrogens with one attached hydrogen (secondary N) is 1. The first kappa shape index (κ1) is 16.3. The summed E-state index contributed by atoms with van der Waals surface area (Å²) < 4.78 is 4.92. The molecule has 1 aromatic heterocycles. The van der Waals surface area contributed by atoms with Crippen LogP contribution in [0.25, 0.3) is 10.9 Å². The zero-order valence-corrected chi connectivity index (χ0v) is 13.9. The van der Waals surface area contributed by atoms with E-state index in [0.717, 1.165) is 11.1 Å². The number of rotatable bonds is 4. The fourth-order valence-electron chi connectivity index (χ4n) is 2.60. The second-order valence-corrected chi connectivity index (χ2v) is 5.81. The monoisotopic (exact) mass is 341 g/mol. The van der Waals surface area contributed by atoms with E-state index in [2.05, 4.69) is 4.98 Å². The number of aromatic nitrogens is 1. The van der Waals surface area contributed by atoms with Crippen molar-refractivity contribution in [2.24, 2.45) is 0 Å². The Morgan fingerprint density at radius 1 is 1.21 bits per heavy atom. The lowest BCUT2D eigenvalue weighted by Crippen LogP contribution is -2.18. The van der Waals surface area contributed by atoms with E-state index in [-0.39, 0.29) is 17.6 Å². The van der Waals surface area contributed by atoms with Crippen LogP contribution in [-0.4, -0.2) is 17.6 Å². The van der Waals surface area contributed by atoms with Crippen molar-refractivity contribution in [3.05, 3.63) is 80.6 Å². The Balaban J connectivity index is 2.03. The van der Waals surface area contributed by atoms with Gasteiger partial charge in [-0.05, 0) is 42.7 Å². The van der Waals surface area contributed by atoms with Crippen LogP contribution in [0.4, 0.5) is 0 Å². The second kappa shape index (κ2) is 6.89. The lowest BCUT2D eigenvalue weighted by Gasteiger charge is -2.07. The molecule has 122 valence electrons. The van der Waals surface area contributed by atoms with E-state index >= 15 is 0 Å². The average Bonchev–Trinajstić information content (AvgIpc) is 2.58. The van der Waals surface area contributed by atoms with Gasteiger partial charge in [0.15, 0.2) is 0 Å². The van der Waals surface area contributed by atoms with E-state index in [9.17, 15) is 9.59 Å². The first-order valence-corrected chi connectivity index (χ1v) is 8.02. The Bertz CT molecular complexity index is 962. The van der Waals surface area contributed by atoms with E-state index in [1.165, 1.54) is 6.20 Å². The Morgan fingerprint density at radius 2 is 2.00 bits per heavy atom. The molecule has 0 atom stereocenters. The van der Waals surface area contributed by atoms with Crippen molar-refractivity contribution in [1.82, 2.24) is 4.98 Å². The quantitative estimate of drug-likeness (QED) is 0.731. The molecule has 24 heavy (non-hydrogen) atoms. The van der Waals surface area contributed by atoms with Crippen molar-refractivity contribution in [2.45, 2.75) is 13.3 Å². The van der Waals surface area contributed by atoms with Crippen LogP contribution in [0.15, 0.2) is 53.5 Å². The number of esters is 1. The van der Waals surface area contributed by atoms with Crippen LogP contribution in [0.5, 0.6) is 0 Å². The van der Waals surface area contributed by atoms with Gasteiger partial charge in [-0.15, -0.1) is 0 Å². The molecule has 1 N–H and O–H groups in total. The van der Waals surface area contributed by atoms with Crippen molar-refractivity contribution in [3.63, 3.8) is 0 Å². The number of benzene rings is 2. The molecule has 0 bridgehead atoms. The van der Waals surface area contributed by atoms with Crippen molar-refractivity contribution in [3.8, 4) is 0 Å². The molecule has 0 amide bonds. The molecular formula is C19H16ClNO3. The summed E-state index contributed by atoms with van der Waals surface area (Å²) in [5.41, 5.74) is 2.29. The number of aromatic amines is 1. The smallest absolute Gasteiger partial charge is 0.343 e. The summed E-state index contributed by atoms with van der Waals surface area (Å²) in [6, 6.07) is 13.1. The van der Waals surface area contributed by atoms with Gasteiger partial charge in [-0.1, -0.05) is 35.9 Å². The molecule has 0 saturated heterocycles. The SMILES string of the molecule is CCOC(=O)c1c[nH]c2ccc(Cc3ccccc3Cl)cc2c1=O. The summed E-state index contributed by atoms with van der Waals surface area (Å²) in [6.07, 6.45) is 2.01. The summed E-state index contributed by atoms with van der Waals surface area (Å²) in [5, 5.41) is 1.15. The Morgan fingerprint density at radius 3 is 2.75 bits per heavy atom. The van der Waals surface area contributed by atoms with Gasteiger partial charge in [0.2, 0.25) is 5.43 Å². The summed E-state index contributed by atoms with van der Waals surface area (Å²) in [6.45, 7) is 1.93. The molecule has 3 aromatic rings. The van der Waals surface area contributed by atoms with Gasteiger partial charge in [-0.3, -0.25) is 4.79 Å². The number of H-pyrrole nitrogens is 1. The number of halogens is 1. The maximum atomic E-state index is 12.6. The molecule has 0 spiro atoms. The summed E-state index contributed by atoms with van der Waals surface area (Å²) in [7, 11) is 0.